The van der Waals surface area contributed by atoms with Crippen LogP contribution in [0.2, 0.25) is 0 Å². The van der Waals surface area contributed by atoms with E-state index >= 15 is 0 Å². The molecular formula is C31H32N4O5. The first-order chi connectivity index (χ1) is 19.5. The minimum absolute atomic E-state index is 0.0928. The number of nitro groups is 1. The predicted octanol–water partition coefficient (Wildman–Crippen LogP) is 6.86. The Morgan fingerprint density at radius 1 is 0.975 bits per heavy atom. The van der Waals surface area contributed by atoms with Crippen LogP contribution in [0.3, 0.4) is 0 Å². The normalized spacial score (nSPS) is 17.8. The van der Waals surface area contributed by atoms with Crippen LogP contribution < -0.4 is 9.64 Å². The number of carboxylic acid groups (broad SMARTS) is 1. The number of benzene rings is 3. The standard InChI is InChI=1S/C31H32N4O5/c36-31(37)22-10-17-29-28(19-22)32-30(34(29)24-5-2-1-3-6-24)21-8-15-27(16-9-21)40-20-26-7-4-18-33(26)23-11-13-25(14-12-23)35(38)39/h8-17,19,24,26H,1-7,18,20H2,(H,36,37)/t26-/m1/s1. The van der Waals surface area contributed by atoms with Crippen LogP contribution in [0.5, 0.6) is 5.75 Å². The summed E-state index contributed by atoms with van der Waals surface area (Å²) in [7, 11) is 0. The van der Waals surface area contributed by atoms with Gasteiger partial charge in [0, 0.05) is 36.0 Å². The summed E-state index contributed by atoms with van der Waals surface area (Å²) < 4.78 is 8.50. The lowest BCUT2D eigenvalue weighted by atomic mass is 9.95. The van der Waals surface area contributed by atoms with Crippen molar-refractivity contribution in [1.82, 2.24) is 9.55 Å². The third-order valence-electron chi connectivity index (χ3n) is 8.20. The molecule has 1 N–H and O–H groups in total. The van der Waals surface area contributed by atoms with Gasteiger partial charge in [0.1, 0.15) is 18.2 Å². The zero-order valence-corrected chi connectivity index (χ0v) is 22.2. The molecule has 1 saturated carbocycles. The maximum Gasteiger partial charge on any atom is 0.335 e. The van der Waals surface area contributed by atoms with Gasteiger partial charge in [0.2, 0.25) is 0 Å². The molecule has 1 atom stereocenters. The zero-order valence-electron chi connectivity index (χ0n) is 22.2. The zero-order chi connectivity index (χ0) is 27.6. The van der Waals surface area contributed by atoms with E-state index in [1.54, 1.807) is 24.3 Å². The van der Waals surface area contributed by atoms with Crippen LogP contribution >= 0.6 is 0 Å². The Morgan fingerprint density at radius 3 is 2.42 bits per heavy atom. The van der Waals surface area contributed by atoms with E-state index in [4.69, 9.17) is 9.72 Å². The minimum atomic E-state index is -0.952. The molecule has 2 aliphatic rings. The molecule has 0 bridgehead atoms. The van der Waals surface area contributed by atoms with E-state index in [1.807, 2.05) is 42.5 Å². The molecule has 0 unspecified atom stereocenters. The third kappa shape index (κ3) is 5.11. The molecule has 4 aromatic rings. The average Bonchev–Trinajstić information content (AvgIpc) is 3.61. The lowest BCUT2D eigenvalue weighted by Gasteiger charge is -2.27. The Hall–Kier alpha value is -4.40. The van der Waals surface area contributed by atoms with Crippen LogP contribution in [0, 0.1) is 10.1 Å². The number of hydrogen-bond donors (Lipinski definition) is 1. The van der Waals surface area contributed by atoms with Gasteiger partial charge in [0.15, 0.2) is 0 Å². The number of hydrogen-bond acceptors (Lipinski definition) is 6. The minimum Gasteiger partial charge on any atom is -0.491 e. The monoisotopic (exact) mass is 540 g/mol. The van der Waals surface area contributed by atoms with Crippen molar-refractivity contribution in [2.24, 2.45) is 0 Å². The van der Waals surface area contributed by atoms with Crippen LogP contribution in [0.25, 0.3) is 22.4 Å². The molecule has 3 aromatic carbocycles. The van der Waals surface area contributed by atoms with Crippen LogP contribution in [-0.4, -0.2) is 44.7 Å². The van der Waals surface area contributed by atoms with Gasteiger partial charge in [0.25, 0.3) is 5.69 Å². The van der Waals surface area contributed by atoms with Crippen LogP contribution in [-0.2, 0) is 0 Å². The molecule has 0 amide bonds. The number of aromatic carboxylic acids is 1. The molecule has 1 aliphatic carbocycles. The lowest BCUT2D eigenvalue weighted by Crippen LogP contribution is -2.34. The average molecular weight is 541 g/mol. The number of non-ortho nitro benzene ring substituents is 1. The summed E-state index contributed by atoms with van der Waals surface area (Å²) in [5.74, 6) is 0.676. The van der Waals surface area contributed by atoms with Crippen LogP contribution in [0.15, 0.2) is 66.7 Å². The van der Waals surface area contributed by atoms with Crippen LogP contribution in [0.4, 0.5) is 11.4 Å². The second-order valence-electron chi connectivity index (χ2n) is 10.7. The van der Waals surface area contributed by atoms with Crippen molar-refractivity contribution in [3.63, 3.8) is 0 Å². The number of rotatable bonds is 8. The summed E-state index contributed by atoms with van der Waals surface area (Å²) >= 11 is 0. The first-order valence-corrected chi connectivity index (χ1v) is 14.0. The van der Waals surface area contributed by atoms with E-state index in [2.05, 4.69) is 9.47 Å². The summed E-state index contributed by atoms with van der Waals surface area (Å²) in [5, 5.41) is 20.5. The summed E-state index contributed by atoms with van der Waals surface area (Å²) in [6, 6.07) is 20.4. The molecular weight excluding hydrogens is 508 g/mol. The molecule has 1 aliphatic heterocycles. The SMILES string of the molecule is O=C(O)c1ccc2c(c1)nc(-c1ccc(OC[C@H]3CCCN3c3ccc([N+](=O)[O-])cc3)cc1)n2C1CCCCC1. The van der Waals surface area contributed by atoms with E-state index in [9.17, 15) is 20.0 Å². The highest BCUT2D eigenvalue weighted by Gasteiger charge is 2.26. The first kappa shape index (κ1) is 25.9. The molecule has 9 heteroatoms. The topological polar surface area (TPSA) is 111 Å². The van der Waals surface area contributed by atoms with Crippen molar-refractivity contribution in [1.29, 1.82) is 0 Å². The van der Waals surface area contributed by atoms with Gasteiger partial charge >= 0.3 is 5.97 Å². The first-order valence-electron chi connectivity index (χ1n) is 14.0. The Labute approximate surface area is 232 Å². The van der Waals surface area contributed by atoms with Gasteiger partial charge in [-0.2, -0.15) is 0 Å². The number of ether oxygens (including phenoxy) is 1. The quantitative estimate of drug-likeness (QED) is 0.192. The van der Waals surface area contributed by atoms with Crippen molar-refractivity contribution in [2.45, 2.75) is 57.0 Å². The largest absolute Gasteiger partial charge is 0.491 e. The number of nitro benzene ring substituents is 1. The Morgan fingerprint density at radius 2 is 1.73 bits per heavy atom. The lowest BCUT2D eigenvalue weighted by molar-refractivity contribution is -0.384. The fourth-order valence-corrected chi connectivity index (χ4v) is 6.15. The van der Waals surface area contributed by atoms with E-state index in [1.165, 1.54) is 19.3 Å². The van der Waals surface area contributed by atoms with Gasteiger partial charge in [-0.25, -0.2) is 9.78 Å². The number of carbonyl (C=O) groups is 1. The molecule has 206 valence electrons. The number of nitrogens with zero attached hydrogens (tertiary/aromatic N) is 4. The maximum absolute atomic E-state index is 11.6. The van der Waals surface area contributed by atoms with Crippen molar-refractivity contribution in [3.05, 3.63) is 82.4 Å². The van der Waals surface area contributed by atoms with Gasteiger partial charge in [-0.15, -0.1) is 0 Å². The number of aromatic nitrogens is 2. The molecule has 1 aromatic heterocycles. The molecule has 0 spiro atoms. The van der Waals surface area contributed by atoms with Crippen molar-refractivity contribution >= 4 is 28.4 Å². The summed E-state index contributed by atoms with van der Waals surface area (Å²) in [4.78, 5) is 29.4. The fourth-order valence-electron chi connectivity index (χ4n) is 6.15. The highest BCUT2D eigenvalue weighted by Crippen LogP contribution is 2.37. The van der Waals surface area contributed by atoms with Crippen molar-refractivity contribution in [2.75, 3.05) is 18.1 Å². The molecule has 6 rings (SSSR count). The van der Waals surface area contributed by atoms with Crippen molar-refractivity contribution < 1.29 is 19.6 Å². The van der Waals surface area contributed by atoms with Gasteiger partial charge in [-0.05, 0) is 80.3 Å². The molecule has 9 nitrogen and oxygen atoms in total. The highest BCUT2D eigenvalue weighted by atomic mass is 16.6. The second-order valence-corrected chi connectivity index (χ2v) is 10.7. The number of carboxylic acids is 1. The van der Waals surface area contributed by atoms with E-state index in [0.29, 0.717) is 18.2 Å². The molecule has 2 fully saturated rings. The Balaban J connectivity index is 1.21. The smallest absolute Gasteiger partial charge is 0.335 e. The molecule has 2 heterocycles. The van der Waals surface area contributed by atoms with E-state index < -0.39 is 5.97 Å². The van der Waals surface area contributed by atoms with Crippen molar-refractivity contribution in [3.8, 4) is 17.1 Å². The number of anilines is 1. The van der Waals surface area contributed by atoms with Gasteiger partial charge in [-0.3, -0.25) is 10.1 Å². The fraction of sp³-hybridized carbons (Fsp3) is 0.355. The molecule has 0 radical (unpaired) electrons. The Bertz CT molecular complexity index is 1520. The molecule has 40 heavy (non-hydrogen) atoms. The van der Waals surface area contributed by atoms with Gasteiger partial charge in [0.05, 0.1) is 27.6 Å². The van der Waals surface area contributed by atoms with Crippen LogP contribution in [0.1, 0.15) is 61.3 Å². The number of imidazole rings is 1. The summed E-state index contributed by atoms with van der Waals surface area (Å²) in [5.41, 5.74) is 3.95. The van der Waals surface area contributed by atoms with E-state index in [0.717, 1.165) is 60.6 Å². The summed E-state index contributed by atoms with van der Waals surface area (Å²) in [6.45, 7) is 1.42. The highest BCUT2D eigenvalue weighted by molar-refractivity contribution is 5.93. The second kappa shape index (κ2) is 11.0. The third-order valence-corrected chi connectivity index (χ3v) is 8.20. The maximum atomic E-state index is 11.6. The summed E-state index contributed by atoms with van der Waals surface area (Å²) in [6.07, 6.45) is 7.84. The Kier molecular flexibility index (Phi) is 7.11. The van der Waals surface area contributed by atoms with Gasteiger partial charge < -0.3 is 19.3 Å². The van der Waals surface area contributed by atoms with Gasteiger partial charge in [-0.1, -0.05) is 19.3 Å². The predicted molar refractivity (Wildman–Crippen MR) is 153 cm³/mol. The van der Waals surface area contributed by atoms with E-state index in [-0.39, 0.29) is 22.2 Å². The number of fused-ring (bicyclic) bond motifs is 1. The molecule has 1 saturated heterocycles.